The molecule has 1 aromatic carbocycles. The molecule has 0 heterocycles. The van der Waals surface area contributed by atoms with E-state index >= 15 is 0 Å². The SMILES string of the molecule is CCc1ccc(C(=O)N[C@@H](C)C23CC4CC(CC(C4)C2)C3)cc1. The van der Waals surface area contributed by atoms with Gasteiger partial charge in [-0.1, -0.05) is 19.1 Å². The van der Waals surface area contributed by atoms with Gasteiger partial charge in [-0.2, -0.15) is 0 Å². The van der Waals surface area contributed by atoms with E-state index in [1.165, 1.54) is 44.1 Å². The second-order valence-corrected chi connectivity index (χ2v) is 8.53. The van der Waals surface area contributed by atoms with Gasteiger partial charge in [0.15, 0.2) is 0 Å². The monoisotopic (exact) mass is 311 g/mol. The van der Waals surface area contributed by atoms with Crippen LogP contribution in [0.25, 0.3) is 0 Å². The zero-order chi connectivity index (χ0) is 16.0. The number of carbonyl (C=O) groups excluding carboxylic acids is 1. The second-order valence-electron chi connectivity index (χ2n) is 8.53. The van der Waals surface area contributed by atoms with Gasteiger partial charge in [-0.3, -0.25) is 4.79 Å². The summed E-state index contributed by atoms with van der Waals surface area (Å²) in [4.78, 5) is 12.6. The van der Waals surface area contributed by atoms with E-state index in [0.717, 1.165) is 29.7 Å². The predicted molar refractivity (Wildman–Crippen MR) is 93.4 cm³/mol. The standard InChI is InChI=1S/C21H29NO/c1-3-15-4-6-19(7-5-15)20(23)22-14(2)21-11-16-8-17(12-21)10-18(9-16)13-21/h4-7,14,16-18H,3,8-13H2,1-2H3,(H,22,23)/t14-,16?,17?,18?,21?/m0/s1. The number of hydrogen-bond donors (Lipinski definition) is 1. The summed E-state index contributed by atoms with van der Waals surface area (Å²) in [6, 6.07) is 8.39. The minimum Gasteiger partial charge on any atom is -0.349 e. The van der Waals surface area contributed by atoms with Gasteiger partial charge in [0.1, 0.15) is 0 Å². The minimum atomic E-state index is 0.107. The lowest BCUT2D eigenvalue weighted by Crippen LogP contribution is -2.55. The number of amides is 1. The maximum atomic E-state index is 12.6. The predicted octanol–water partition coefficient (Wildman–Crippen LogP) is 4.58. The molecule has 4 aliphatic carbocycles. The minimum absolute atomic E-state index is 0.107. The molecule has 1 aromatic rings. The van der Waals surface area contributed by atoms with Crippen molar-refractivity contribution in [3.8, 4) is 0 Å². The van der Waals surface area contributed by atoms with Crippen LogP contribution in [-0.2, 0) is 6.42 Å². The zero-order valence-corrected chi connectivity index (χ0v) is 14.5. The Balaban J connectivity index is 1.46. The average molecular weight is 311 g/mol. The Morgan fingerprint density at radius 1 is 1.09 bits per heavy atom. The molecule has 0 radical (unpaired) electrons. The molecule has 2 heteroatoms. The summed E-state index contributed by atoms with van der Waals surface area (Å²) in [6.07, 6.45) is 9.42. The third-order valence-electron chi connectivity index (χ3n) is 6.98. The molecule has 4 saturated carbocycles. The number of nitrogens with one attached hydrogen (secondary N) is 1. The summed E-state index contributed by atoms with van der Waals surface area (Å²) in [5.74, 6) is 2.91. The average Bonchev–Trinajstić information content (AvgIpc) is 2.53. The fraction of sp³-hybridized carbons (Fsp3) is 0.667. The number of benzene rings is 1. The molecule has 124 valence electrons. The lowest BCUT2D eigenvalue weighted by molar-refractivity contribution is -0.0688. The van der Waals surface area contributed by atoms with Crippen LogP contribution in [0.3, 0.4) is 0 Å². The van der Waals surface area contributed by atoms with E-state index in [-0.39, 0.29) is 5.91 Å². The molecule has 1 N–H and O–H groups in total. The first-order valence-corrected chi connectivity index (χ1v) is 9.48. The Hall–Kier alpha value is -1.31. The summed E-state index contributed by atoms with van der Waals surface area (Å²) in [6.45, 7) is 4.40. The molecule has 4 bridgehead atoms. The third-order valence-corrected chi connectivity index (χ3v) is 6.98. The highest BCUT2D eigenvalue weighted by Crippen LogP contribution is 2.61. The van der Waals surface area contributed by atoms with E-state index in [0.29, 0.717) is 11.5 Å². The van der Waals surface area contributed by atoms with E-state index in [4.69, 9.17) is 0 Å². The zero-order valence-electron chi connectivity index (χ0n) is 14.5. The maximum absolute atomic E-state index is 12.6. The molecule has 2 nitrogen and oxygen atoms in total. The molecule has 0 aliphatic heterocycles. The van der Waals surface area contributed by atoms with Crippen molar-refractivity contribution in [1.29, 1.82) is 0 Å². The van der Waals surface area contributed by atoms with E-state index in [1.54, 1.807) is 0 Å². The summed E-state index contributed by atoms with van der Waals surface area (Å²) >= 11 is 0. The Labute approximate surface area is 140 Å². The molecular formula is C21H29NO. The second kappa shape index (κ2) is 5.65. The summed E-state index contributed by atoms with van der Waals surface area (Å²) in [5, 5.41) is 3.35. The van der Waals surface area contributed by atoms with Crippen LogP contribution in [0.5, 0.6) is 0 Å². The molecule has 0 unspecified atom stereocenters. The van der Waals surface area contributed by atoms with Crippen LogP contribution in [0.4, 0.5) is 0 Å². The number of aryl methyl sites for hydroxylation is 1. The summed E-state index contributed by atoms with van der Waals surface area (Å²) in [5.41, 5.74) is 2.47. The van der Waals surface area contributed by atoms with E-state index < -0.39 is 0 Å². The van der Waals surface area contributed by atoms with Crippen LogP contribution in [-0.4, -0.2) is 11.9 Å². The van der Waals surface area contributed by atoms with Crippen molar-refractivity contribution >= 4 is 5.91 Å². The fourth-order valence-electron chi connectivity index (χ4n) is 6.03. The van der Waals surface area contributed by atoms with Crippen LogP contribution in [0.15, 0.2) is 24.3 Å². The molecule has 0 aromatic heterocycles. The van der Waals surface area contributed by atoms with Gasteiger partial charge in [0.05, 0.1) is 0 Å². The fourth-order valence-corrected chi connectivity index (χ4v) is 6.03. The molecule has 5 rings (SSSR count). The van der Waals surface area contributed by atoms with Crippen molar-refractivity contribution in [2.75, 3.05) is 0 Å². The smallest absolute Gasteiger partial charge is 0.251 e. The molecule has 4 fully saturated rings. The Morgan fingerprint density at radius 2 is 1.61 bits per heavy atom. The van der Waals surface area contributed by atoms with Crippen LogP contribution >= 0.6 is 0 Å². The van der Waals surface area contributed by atoms with Gasteiger partial charge in [-0.25, -0.2) is 0 Å². The molecule has 1 atom stereocenters. The van der Waals surface area contributed by atoms with E-state index in [9.17, 15) is 4.79 Å². The van der Waals surface area contributed by atoms with Crippen molar-refractivity contribution in [2.24, 2.45) is 23.2 Å². The number of carbonyl (C=O) groups is 1. The lowest BCUT2D eigenvalue weighted by Gasteiger charge is -2.59. The van der Waals surface area contributed by atoms with E-state index in [1.807, 2.05) is 12.1 Å². The third kappa shape index (κ3) is 2.70. The van der Waals surface area contributed by atoms with Crippen LogP contribution < -0.4 is 5.32 Å². The van der Waals surface area contributed by atoms with Crippen molar-refractivity contribution in [3.05, 3.63) is 35.4 Å². The lowest BCUT2D eigenvalue weighted by atomic mass is 9.48. The summed E-state index contributed by atoms with van der Waals surface area (Å²) in [7, 11) is 0. The largest absolute Gasteiger partial charge is 0.349 e. The Kier molecular flexibility index (Phi) is 3.74. The maximum Gasteiger partial charge on any atom is 0.251 e. The van der Waals surface area contributed by atoms with Gasteiger partial charge >= 0.3 is 0 Å². The van der Waals surface area contributed by atoms with Crippen molar-refractivity contribution in [1.82, 2.24) is 5.32 Å². The molecule has 0 saturated heterocycles. The van der Waals surface area contributed by atoms with E-state index in [2.05, 4.69) is 31.3 Å². The van der Waals surface area contributed by atoms with Gasteiger partial charge in [-0.15, -0.1) is 0 Å². The first kappa shape index (κ1) is 15.2. The Bertz CT molecular complexity index is 553. The summed E-state index contributed by atoms with van der Waals surface area (Å²) < 4.78 is 0. The first-order chi connectivity index (χ1) is 11.1. The molecule has 0 spiro atoms. The highest BCUT2D eigenvalue weighted by Gasteiger charge is 2.53. The van der Waals surface area contributed by atoms with Crippen LogP contribution in [0.1, 0.15) is 68.3 Å². The van der Waals surface area contributed by atoms with Crippen LogP contribution in [0, 0.1) is 23.2 Å². The van der Waals surface area contributed by atoms with Gasteiger partial charge in [0.2, 0.25) is 0 Å². The first-order valence-electron chi connectivity index (χ1n) is 9.48. The molecule has 23 heavy (non-hydrogen) atoms. The topological polar surface area (TPSA) is 29.1 Å². The number of hydrogen-bond acceptors (Lipinski definition) is 1. The quantitative estimate of drug-likeness (QED) is 0.866. The Morgan fingerprint density at radius 3 is 2.09 bits per heavy atom. The van der Waals surface area contributed by atoms with Crippen molar-refractivity contribution < 1.29 is 4.79 Å². The normalized spacial score (nSPS) is 36.0. The van der Waals surface area contributed by atoms with Crippen molar-refractivity contribution in [2.45, 2.75) is 64.8 Å². The molecule has 1 amide bonds. The number of rotatable bonds is 4. The molecular weight excluding hydrogens is 282 g/mol. The van der Waals surface area contributed by atoms with Gasteiger partial charge in [0, 0.05) is 11.6 Å². The van der Waals surface area contributed by atoms with Gasteiger partial charge in [-0.05, 0) is 92.7 Å². The van der Waals surface area contributed by atoms with Gasteiger partial charge in [0.25, 0.3) is 5.91 Å². The van der Waals surface area contributed by atoms with Gasteiger partial charge < -0.3 is 5.32 Å². The van der Waals surface area contributed by atoms with Crippen molar-refractivity contribution in [3.63, 3.8) is 0 Å². The molecule has 4 aliphatic rings. The highest BCUT2D eigenvalue weighted by molar-refractivity contribution is 5.94. The van der Waals surface area contributed by atoms with Crippen LogP contribution in [0.2, 0.25) is 0 Å². The highest BCUT2D eigenvalue weighted by atomic mass is 16.1.